The van der Waals surface area contributed by atoms with Crippen LogP contribution >= 0.6 is 0 Å². The maximum atomic E-state index is 5.56. The Labute approximate surface area is 99.6 Å². The number of hydrogen-bond acceptors (Lipinski definition) is 2. The molecule has 0 saturated heterocycles. The van der Waals surface area contributed by atoms with Crippen LogP contribution in [-0.4, -0.2) is 12.2 Å². The van der Waals surface area contributed by atoms with E-state index in [9.17, 15) is 0 Å². The maximum absolute atomic E-state index is 5.56. The minimum absolute atomic E-state index is 0.198. The van der Waals surface area contributed by atoms with Gasteiger partial charge in [-0.05, 0) is 39.8 Å². The second-order valence-corrected chi connectivity index (χ2v) is 3.81. The minimum atomic E-state index is 0.198. The molecule has 0 radical (unpaired) electrons. The molecular weight excluding hydrogens is 200 g/mol. The van der Waals surface area contributed by atoms with E-state index < -0.39 is 0 Å². The molecule has 0 aliphatic rings. The second kappa shape index (κ2) is 8.03. The van der Waals surface area contributed by atoms with Crippen molar-refractivity contribution in [3.8, 4) is 11.5 Å². The summed E-state index contributed by atoms with van der Waals surface area (Å²) in [5.74, 6) is 1.72. The zero-order valence-corrected chi connectivity index (χ0v) is 11.3. The summed E-state index contributed by atoms with van der Waals surface area (Å²) >= 11 is 0. The van der Waals surface area contributed by atoms with Gasteiger partial charge in [0.15, 0.2) is 0 Å². The molecule has 0 N–H and O–H groups in total. The zero-order chi connectivity index (χ0) is 12.6. The Morgan fingerprint density at radius 1 is 0.812 bits per heavy atom. The van der Waals surface area contributed by atoms with Crippen molar-refractivity contribution in [2.45, 2.75) is 53.8 Å². The Bertz CT molecular complexity index is 255. The van der Waals surface area contributed by atoms with Gasteiger partial charge >= 0.3 is 0 Å². The monoisotopic (exact) mass is 224 g/mol. The Morgan fingerprint density at radius 2 is 1.19 bits per heavy atom. The van der Waals surface area contributed by atoms with Gasteiger partial charge < -0.3 is 9.47 Å². The minimum Gasteiger partial charge on any atom is -0.491 e. The maximum Gasteiger partial charge on any atom is 0.123 e. The lowest BCUT2D eigenvalue weighted by Gasteiger charge is -2.13. The van der Waals surface area contributed by atoms with Crippen LogP contribution in [0.15, 0.2) is 24.3 Å². The van der Waals surface area contributed by atoms with E-state index >= 15 is 0 Å². The SMILES string of the molecule is CC.CC(C)Oc1cccc(OC(C)C)c1. The van der Waals surface area contributed by atoms with Gasteiger partial charge in [-0.1, -0.05) is 19.9 Å². The Morgan fingerprint density at radius 3 is 1.50 bits per heavy atom. The molecule has 1 aromatic rings. The molecule has 1 rings (SSSR count). The first-order valence-electron chi connectivity index (χ1n) is 6.01. The highest BCUT2D eigenvalue weighted by Gasteiger charge is 2.01. The molecule has 0 aliphatic heterocycles. The highest BCUT2D eigenvalue weighted by atomic mass is 16.5. The summed E-state index contributed by atoms with van der Waals surface area (Å²) in [5, 5.41) is 0. The molecule has 0 bridgehead atoms. The fraction of sp³-hybridized carbons (Fsp3) is 0.571. The molecule has 0 saturated carbocycles. The van der Waals surface area contributed by atoms with E-state index in [-0.39, 0.29) is 12.2 Å². The van der Waals surface area contributed by atoms with Crippen LogP contribution < -0.4 is 9.47 Å². The van der Waals surface area contributed by atoms with Gasteiger partial charge in [0.05, 0.1) is 12.2 Å². The van der Waals surface area contributed by atoms with E-state index in [0.717, 1.165) is 11.5 Å². The van der Waals surface area contributed by atoms with Gasteiger partial charge in [0.1, 0.15) is 11.5 Å². The Kier molecular flexibility index (Phi) is 7.44. The van der Waals surface area contributed by atoms with Crippen LogP contribution in [0.2, 0.25) is 0 Å². The third kappa shape index (κ3) is 6.33. The van der Waals surface area contributed by atoms with E-state index in [4.69, 9.17) is 9.47 Å². The number of rotatable bonds is 4. The van der Waals surface area contributed by atoms with E-state index in [1.165, 1.54) is 0 Å². The largest absolute Gasteiger partial charge is 0.491 e. The van der Waals surface area contributed by atoms with E-state index in [1.54, 1.807) is 0 Å². The van der Waals surface area contributed by atoms with Crippen LogP contribution in [0, 0.1) is 0 Å². The molecule has 2 nitrogen and oxygen atoms in total. The highest BCUT2D eigenvalue weighted by Crippen LogP contribution is 2.21. The van der Waals surface area contributed by atoms with Crippen LogP contribution in [0.5, 0.6) is 11.5 Å². The van der Waals surface area contributed by atoms with Crippen LogP contribution in [0.25, 0.3) is 0 Å². The number of benzene rings is 1. The molecule has 0 atom stereocenters. The van der Waals surface area contributed by atoms with Crippen molar-refractivity contribution in [3.05, 3.63) is 24.3 Å². The molecular formula is C14H24O2. The molecule has 0 heterocycles. The molecule has 0 amide bonds. The van der Waals surface area contributed by atoms with Crippen LogP contribution in [0.3, 0.4) is 0 Å². The molecule has 0 aliphatic carbocycles. The van der Waals surface area contributed by atoms with Crippen molar-refractivity contribution < 1.29 is 9.47 Å². The van der Waals surface area contributed by atoms with Gasteiger partial charge in [0.25, 0.3) is 0 Å². The normalized spacial score (nSPS) is 9.75. The summed E-state index contributed by atoms with van der Waals surface area (Å²) in [7, 11) is 0. The summed E-state index contributed by atoms with van der Waals surface area (Å²) in [6, 6.07) is 7.73. The average molecular weight is 224 g/mol. The molecule has 0 unspecified atom stereocenters. The lowest BCUT2D eigenvalue weighted by molar-refractivity contribution is 0.229. The standard InChI is InChI=1S/C12H18O2.C2H6/c1-9(2)13-11-6-5-7-12(8-11)14-10(3)4;1-2/h5-10H,1-4H3;1-2H3. The second-order valence-electron chi connectivity index (χ2n) is 3.81. The van der Waals surface area contributed by atoms with Crippen molar-refractivity contribution in [3.63, 3.8) is 0 Å². The summed E-state index contributed by atoms with van der Waals surface area (Å²) in [4.78, 5) is 0. The third-order valence-electron chi connectivity index (χ3n) is 1.55. The summed E-state index contributed by atoms with van der Waals surface area (Å²) in [5.41, 5.74) is 0. The molecule has 1 aromatic carbocycles. The first kappa shape index (κ1) is 14.8. The molecule has 2 heteroatoms. The summed E-state index contributed by atoms with van der Waals surface area (Å²) in [6.45, 7) is 12.0. The first-order valence-corrected chi connectivity index (χ1v) is 6.01. The molecule has 0 fully saturated rings. The molecule has 16 heavy (non-hydrogen) atoms. The van der Waals surface area contributed by atoms with Gasteiger partial charge in [0, 0.05) is 6.07 Å². The number of ether oxygens (including phenoxy) is 2. The zero-order valence-electron chi connectivity index (χ0n) is 11.3. The first-order chi connectivity index (χ1) is 7.58. The van der Waals surface area contributed by atoms with Crippen LogP contribution in [-0.2, 0) is 0 Å². The van der Waals surface area contributed by atoms with Crippen molar-refractivity contribution in [2.75, 3.05) is 0 Å². The van der Waals surface area contributed by atoms with Crippen molar-refractivity contribution >= 4 is 0 Å². The topological polar surface area (TPSA) is 18.5 Å². The summed E-state index contributed by atoms with van der Waals surface area (Å²) in [6.07, 6.45) is 0.397. The molecule has 0 aromatic heterocycles. The summed E-state index contributed by atoms with van der Waals surface area (Å²) < 4.78 is 11.1. The Balaban J connectivity index is 0.00000106. The molecule has 92 valence electrons. The van der Waals surface area contributed by atoms with Crippen molar-refractivity contribution in [1.82, 2.24) is 0 Å². The predicted octanol–water partition coefficient (Wildman–Crippen LogP) is 4.29. The van der Waals surface area contributed by atoms with Gasteiger partial charge in [-0.15, -0.1) is 0 Å². The van der Waals surface area contributed by atoms with Gasteiger partial charge in [-0.2, -0.15) is 0 Å². The fourth-order valence-electron chi connectivity index (χ4n) is 1.17. The number of hydrogen-bond donors (Lipinski definition) is 0. The van der Waals surface area contributed by atoms with Gasteiger partial charge in [0.2, 0.25) is 0 Å². The van der Waals surface area contributed by atoms with Gasteiger partial charge in [-0.3, -0.25) is 0 Å². The average Bonchev–Trinajstić information content (AvgIpc) is 2.19. The Hall–Kier alpha value is -1.18. The van der Waals surface area contributed by atoms with E-state index in [1.807, 2.05) is 65.8 Å². The predicted molar refractivity (Wildman–Crippen MR) is 69.3 cm³/mol. The van der Waals surface area contributed by atoms with Crippen LogP contribution in [0.1, 0.15) is 41.5 Å². The smallest absolute Gasteiger partial charge is 0.123 e. The third-order valence-corrected chi connectivity index (χ3v) is 1.55. The lowest BCUT2D eigenvalue weighted by atomic mass is 10.3. The lowest BCUT2D eigenvalue weighted by Crippen LogP contribution is -2.07. The van der Waals surface area contributed by atoms with Crippen LogP contribution in [0.4, 0.5) is 0 Å². The molecule has 0 spiro atoms. The van der Waals surface area contributed by atoms with E-state index in [2.05, 4.69) is 0 Å². The quantitative estimate of drug-likeness (QED) is 0.759. The van der Waals surface area contributed by atoms with E-state index in [0.29, 0.717) is 0 Å². The highest BCUT2D eigenvalue weighted by molar-refractivity contribution is 5.33. The van der Waals surface area contributed by atoms with Crippen molar-refractivity contribution in [1.29, 1.82) is 0 Å². The fourth-order valence-corrected chi connectivity index (χ4v) is 1.17. The van der Waals surface area contributed by atoms with Gasteiger partial charge in [-0.25, -0.2) is 0 Å². The van der Waals surface area contributed by atoms with Crippen molar-refractivity contribution in [2.24, 2.45) is 0 Å².